The Hall–Kier alpha value is -2.21. The van der Waals surface area contributed by atoms with Gasteiger partial charge in [-0.15, -0.1) is 11.3 Å². The Balaban J connectivity index is 1.57. The fourth-order valence-corrected chi connectivity index (χ4v) is 3.23. The third-order valence-corrected chi connectivity index (χ3v) is 4.58. The molecule has 0 fully saturated rings. The van der Waals surface area contributed by atoms with Crippen molar-refractivity contribution in [3.05, 3.63) is 51.5 Å². The van der Waals surface area contributed by atoms with Crippen LogP contribution in [0, 0.1) is 13.8 Å². The van der Waals surface area contributed by atoms with Gasteiger partial charge in [-0.25, -0.2) is 4.98 Å². The summed E-state index contributed by atoms with van der Waals surface area (Å²) >= 11 is 1.60. The summed E-state index contributed by atoms with van der Waals surface area (Å²) in [6.45, 7) is 4.39. The van der Waals surface area contributed by atoms with Crippen LogP contribution in [0.25, 0.3) is 0 Å². The van der Waals surface area contributed by atoms with Crippen LogP contribution >= 0.6 is 11.3 Å². The average Bonchev–Trinajstić information content (AvgIpc) is 3.12. The summed E-state index contributed by atoms with van der Waals surface area (Å²) in [5, 5.41) is 7.82. The van der Waals surface area contributed by atoms with Crippen molar-refractivity contribution in [1.29, 1.82) is 0 Å². The Morgan fingerprint density at radius 2 is 2.14 bits per heavy atom. The van der Waals surface area contributed by atoms with Crippen molar-refractivity contribution in [3.8, 4) is 0 Å². The molecular formula is C16H17N3O2S. The van der Waals surface area contributed by atoms with Crippen molar-refractivity contribution in [1.82, 2.24) is 10.3 Å². The number of hydrogen-bond donors (Lipinski definition) is 1. The SMILES string of the molecule is Cc1nc(C)c(CNC(=O)C2=NO[C@H](c3ccccc3)C2)s1. The van der Waals surface area contributed by atoms with Gasteiger partial charge >= 0.3 is 0 Å². The number of benzene rings is 1. The van der Waals surface area contributed by atoms with E-state index in [4.69, 9.17) is 4.84 Å². The van der Waals surface area contributed by atoms with Crippen molar-refractivity contribution < 1.29 is 9.63 Å². The monoisotopic (exact) mass is 315 g/mol. The Morgan fingerprint density at radius 3 is 2.82 bits per heavy atom. The number of aromatic nitrogens is 1. The molecule has 0 radical (unpaired) electrons. The van der Waals surface area contributed by atoms with E-state index < -0.39 is 0 Å². The highest BCUT2D eigenvalue weighted by Crippen LogP contribution is 2.27. The van der Waals surface area contributed by atoms with Crippen LogP contribution in [0.5, 0.6) is 0 Å². The molecule has 0 aliphatic carbocycles. The number of hydrogen-bond acceptors (Lipinski definition) is 5. The number of nitrogens with one attached hydrogen (secondary N) is 1. The lowest BCUT2D eigenvalue weighted by molar-refractivity contribution is -0.115. The fourth-order valence-electron chi connectivity index (χ4n) is 2.36. The van der Waals surface area contributed by atoms with Gasteiger partial charge in [0.15, 0.2) is 6.10 Å². The molecule has 0 spiro atoms. The van der Waals surface area contributed by atoms with Gasteiger partial charge in [0, 0.05) is 11.3 Å². The van der Waals surface area contributed by atoms with E-state index in [1.54, 1.807) is 11.3 Å². The Morgan fingerprint density at radius 1 is 1.36 bits per heavy atom. The van der Waals surface area contributed by atoms with Crippen LogP contribution < -0.4 is 5.32 Å². The highest BCUT2D eigenvalue weighted by atomic mass is 32.1. The first-order valence-corrected chi connectivity index (χ1v) is 7.94. The molecule has 2 heterocycles. The van der Waals surface area contributed by atoms with Crippen LogP contribution in [0.4, 0.5) is 0 Å². The van der Waals surface area contributed by atoms with Crippen molar-refractivity contribution in [3.63, 3.8) is 0 Å². The predicted octanol–water partition coefficient (Wildman–Crippen LogP) is 2.89. The maximum absolute atomic E-state index is 12.2. The van der Waals surface area contributed by atoms with E-state index >= 15 is 0 Å². The molecule has 1 amide bonds. The molecule has 5 nitrogen and oxygen atoms in total. The van der Waals surface area contributed by atoms with Gasteiger partial charge in [0.05, 0.1) is 17.2 Å². The molecule has 1 N–H and O–H groups in total. The molecule has 1 aromatic carbocycles. The topological polar surface area (TPSA) is 63.6 Å². The highest BCUT2D eigenvalue weighted by Gasteiger charge is 2.27. The van der Waals surface area contributed by atoms with Crippen LogP contribution in [0.3, 0.4) is 0 Å². The second-order valence-electron chi connectivity index (χ2n) is 5.17. The third-order valence-electron chi connectivity index (χ3n) is 3.51. The van der Waals surface area contributed by atoms with Gasteiger partial charge in [-0.3, -0.25) is 4.79 Å². The zero-order chi connectivity index (χ0) is 15.5. The molecule has 6 heteroatoms. The Labute approximate surface area is 133 Å². The van der Waals surface area contributed by atoms with Crippen molar-refractivity contribution in [2.24, 2.45) is 5.16 Å². The third kappa shape index (κ3) is 3.17. The van der Waals surface area contributed by atoms with Crippen LogP contribution in [0.15, 0.2) is 35.5 Å². The number of thiazole rings is 1. The summed E-state index contributed by atoms with van der Waals surface area (Å²) in [6.07, 6.45) is 0.325. The predicted molar refractivity (Wildman–Crippen MR) is 85.8 cm³/mol. The molecule has 3 rings (SSSR count). The first-order chi connectivity index (χ1) is 10.6. The molecule has 2 aromatic rings. The van der Waals surface area contributed by atoms with Crippen molar-refractivity contribution >= 4 is 23.0 Å². The average molecular weight is 315 g/mol. The molecule has 0 unspecified atom stereocenters. The molecule has 1 aromatic heterocycles. The van der Waals surface area contributed by atoms with Crippen molar-refractivity contribution in [2.45, 2.75) is 32.9 Å². The summed E-state index contributed by atoms with van der Waals surface area (Å²) in [5.41, 5.74) is 2.44. The molecule has 1 aliphatic heterocycles. The van der Waals surface area contributed by atoms with Crippen LogP contribution in [-0.4, -0.2) is 16.6 Å². The lowest BCUT2D eigenvalue weighted by atomic mass is 10.0. The second kappa shape index (κ2) is 6.27. The van der Waals surface area contributed by atoms with E-state index in [-0.39, 0.29) is 12.0 Å². The van der Waals surface area contributed by atoms with E-state index in [2.05, 4.69) is 15.5 Å². The normalized spacial score (nSPS) is 17.0. The minimum Gasteiger partial charge on any atom is -0.387 e. The fraction of sp³-hybridized carbons (Fsp3) is 0.312. The smallest absolute Gasteiger partial charge is 0.269 e. The number of oxime groups is 1. The zero-order valence-corrected chi connectivity index (χ0v) is 13.3. The quantitative estimate of drug-likeness (QED) is 0.943. The van der Waals surface area contributed by atoms with Gasteiger partial charge in [0.2, 0.25) is 0 Å². The van der Waals surface area contributed by atoms with Gasteiger partial charge in [0.1, 0.15) is 5.71 Å². The Bertz CT molecular complexity index is 709. The van der Waals surface area contributed by atoms with E-state index in [9.17, 15) is 4.79 Å². The number of carbonyl (C=O) groups is 1. The summed E-state index contributed by atoms with van der Waals surface area (Å²) in [5.74, 6) is -0.177. The number of rotatable bonds is 4. The largest absolute Gasteiger partial charge is 0.387 e. The number of aryl methyl sites for hydroxylation is 2. The lowest BCUT2D eigenvalue weighted by Gasteiger charge is -2.07. The minimum atomic E-state index is -0.177. The van der Waals surface area contributed by atoms with E-state index in [1.807, 2.05) is 44.2 Å². The molecule has 1 atom stereocenters. The molecule has 22 heavy (non-hydrogen) atoms. The van der Waals surface area contributed by atoms with Crippen LogP contribution in [0.2, 0.25) is 0 Å². The van der Waals surface area contributed by atoms with Gasteiger partial charge in [0.25, 0.3) is 5.91 Å². The highest BCUT2D eigenvalue weighted by molar-refractivity contribution is 7.11. The number of carbonyl (C=O) groups excluding carboxylic acids is 1. The Kier molecular flexibility index (Phi) is 4.20. The summed E-state index contributed by atoms with van der Waals surface area (Å²) in [6, 6.07) is 9.80. The van der Waals surface area contributed by atoms with Gasteiger partial charge < -0.3 is 10.2 Å². The summed E-state index contributed by atoms with van der Waals surface area (Å²) < 4.78 is 0. The second-order valence-corrected chi connectivity index (χ2v) is 6.46. The van der Waals surface area contributed by atoms with E-state index in [0.717, 1.165) is 21.1 Å². The lowest BCUT2D eigenvalue weighted by Crippen LogP contribution is -2.29. The molecule has 1 aliphatic rings. The van der Waals surface area contributed by atoms with Gasteiger partial charge in [-0.05, 0) is 19.4 Å². The van der Waals surface area contributed by atoms with Crippen LogP contribution in [-0.2, 0) is 16.2 Å². The summed E-state index contributed by atoms with van der Waals surface area (Å²) in [4.78, 5) is 23.0. The van der Waals surface area contributed by atoms with E-state index in [0.29, 0.717) is 18.7 Å². The van der Waals surface area contributed by atoms with E-state index in [1.165, 1.54) is 0 Å². The van der Waals surface area contributed by atoms with Crippen LogP contribution in [0.1, 0.15) is 33.7 Å². The number of nitrogens with zero attached hydrogens (tertiary/aromatic N) is 2. The van der Waals surface area contributed by atoms with Crippen molar-refractivity contribution in [2.75, 3.05) is 0 Å². The standard InChI is InChI=1S/C16H17N3O2S/c1-10-15(22-11(2)18-10)9-17-16(20)13-8-14(21-19-13)12-6-4-3-5-7-12/h3-7,14H,8-9H2,1-2H3,(H,17,20)/t14-/m0/s1. The first-order valence-electron chi connectivity index (χ1n) is 7.12. The van der Waals surface area contributed by atoms with Gasteiger partial charge in [-0.2, -0.15) is 0 Å². The molecular weight excluding hydrogens is 298 g/mol. The zero-order valence-electron chi connectivity index (χ0n) is 12.5. The molecule has 0 bridgehead atoms. The summed E-state index contributed by atoms with van der Waals surface area (Å²) in [7, 11) is 0. The minimum absolute atomic E-state index is 0.172. The molecule has 114 valence electrons. The maximum atomic E-state index is 12.2. The molecule has 0 saturated carbocycles. The first kappa shape index (κ1) is 14.7. The molecule has 0 saturated heterocycles. The van der Waals surface area contributed by atoms with Gasteiger partial charge in [-0.1, -0.05) is 35.5 Å². The maximum Gasteiger partial charge on any atom is 0.269 e. The number of amides is 1.